The summed E-state index contributed by atoms with van der Waals surface area (Å²) in [6, 6.07) is 16.8. The minimum atomic E-state index is -0.376. The van der Waals surface area contributed by atoms with E-state index in [1.54, 1.807) is 24.4 Å². The lowest BCUT2D eigenvalue weighted by molar-refractivity contribution is 0.0734. The Hall–Kier alpha value is -2.68. The molecule has 0 unspecified atom stereocenters. The monoisotopic (exact) mass is 249 g/mol. The molecule has 92 valence electrons. The van der Waals surface area contributed by atoms with Crippen LogP contribution in [0, 0.1) is 0 Å². The van der Waals surface area contributed by atoms with Gasteiger partial charge in [-0.2, -0.15) is 0 Å². The fraction of sp³-hybridized carbons (Fsp3) is 0. The Morgan fingerprint density at radius 1 is 0.947 bits per heavy atom. The van der Waals surface area contributed by atoms with Crippen LogP contribution >= 0.6 is 0 Å². The summed E-state index contributed by atoms with van der Waals surface area (Å²) >= 11 is 0. The number of fused-ring (bicyclic) bond motifs is 1. The number of hydrogen-bond donors (Lipinski definition) is 0. The van der Waals surface area contributed by atoms with Gasteiger partial charge in [0.1, 0.15) is 5.75 Å². The van der Waals surface area contributed by atoms with Crippen LogP contribution in [0.2, 0.25) is 0 Å². The van der Waals surface area contributed by atoms with Crippen molar-refractivity contribution in [2.45, 2.75) is 0 Å². The summed E-state index contributed by atoms with van der Waals surface area (Å²) in [5.41, 5.74) is 0.530. The maximum Gasteiger partial charge on any atom is 0.343 e. The minimum Gasteiger partial charge on any atom is -0.421 e. The Kier molecular flexibility index (Phi) is 2.94. The summed E-state index contributed by atoms with van der Waals surface area (Å²) in [4.78, 5) is 15.9. The predicted octanol–water partition coefficient (Wildman–Crippen LogP) is 3.45. The second-order valence-electron chi connectivity index (χ2n) is 4.14. The Labute approximate surface area is 110 Å². The quantitative estimate of drug-likeness (QED) is 0.653. The third-order valence-corrected chi connectivity index (χ3v) is 2.83. The molecular formula is C16H11NO2. The van der Waals surface area contributed by atoms with E-state index in [1.165, 1.54) is 6.20 Å². The zero-order valence-corrected chi connectivity index (χ0v) is 10.1. The van der Waals surface area contributed by atoms with Crippen LogP contribution in [0.4, 0.5) is 0 Å². The average Bonchev–Trinajstić information content (AvgIpc) is 2.48. The van der Waals surface area contributed by atoms with E-state index < -0.39 is 0 Å². The van der Waals surface area contributed by atoms with Gasteiger partial charge in [-0.1, -0.05) is 30.3 Å². The summed E-state index contributed by atoms with van der Waals surface area (Å²) in [7, 11) is 0. The fourth-order valence-corrected chi connectivity index (χ4v) is 1.89. The molecule has 0 saturated heterocycles. The highest BCUT2D eigenvalue weighted by Gasteiger charge is 2.08. The first-order valence-corrected chi connectivity index (χ1v) is 5.94. The van der Waals surface area contributed by atoms with Crippen molar-refractivity contribution in [2.24, 2.45) is 0 Å². The molecule has 1 heterocycles. The summed E-state index contributed by atoms with van der Waals surface area (Å²) < 4.78 is 5.25. The molecule has 0 aliphatic rings. The summed E-state index contributed by atoms with van der Waals surface area (Å²) in [5, 5.41) is 2.11. The first kappa shape index (κ1) is 11.4. The van der Waals surface area contributed by atoms with Gasteiger partial charge in [0.2, 0.25) is 0 Å². The maximum atomic E-state index is 12.0. The third-order valence-electron chi connectivity index (χ3n) is 2.83. The molecule has 3 heteroatoms. The van der Waals surface area contributed by atoms with E-state index in [9.17, 15) is 4.79 Å². The van der Waals surface area contributed by atoms with Crippen molar-refractivity contribution in [3.63, 3.8) is 0 Å². The van der Waals surface area contributed by atoms with Gasteiger partial charge in [-0.25, -0.2) is 4.79 Å². The van der Waals surface area contributed by atoms with E-state index >= 15 is 0 Å². The lowest BCUT2D eigenvalue weighted by atomic mass is 10.1. The molecule has 0 bridgehead atoms. The normalized spacial score (nSPS) is 10.3. The second kappa shape index (κ2) is 4.90. The van der Waals surface area contributed by atoms with E-state index in [4.69, 9.17) is 4.74 Å². The van der Waals surface area contributed by atoms with Crippen LogP contribution in [0.3, 0.4) is 0 Å². The molecule has 0 amide bonds. The van der Waals surface area contributed by atoms with E-state index in [0.29, 0.717) is 11.3 Å². The second-order valence-corrected chi connectivity index (χ2v) is 4.14. The highest BCUT2D eigenvalue weighted by atomic mass is 16.5. The molecule has 0 saturated carbocycles. The van der Waals surface area contributed by atoms with Crippen LogP contribution in [0.25, 0.3) is 10.8 Å². The Morgan fingerprint density at radius 2 is 1.79 bits per heavy atom. The first-order valence-electron chi connectivity index (χ1n) is 5.94. The van der Waals surface area contributed by atoms with Crippen molar-refractivity contribution in [3.8, 4) is 5.75 Å². The molecule has 0 radical (unpaired) electrons. The highest BCUT2D eigenvalue weighted by molar-refractivity contribution is 5.96. The predicted molar refractivity (Wildman–Crippen MR) is 73.1 cm³/mol. The van der Waals surface area contributed by atoms with E-state index in [1.807, 2.05) is 36.4 Å². The number of esters is 1. The molecule has 3 rings (SSSR count). The minimum absolute atomic E-state index is 0.376. The summed E-state index contributed by atoms with van der Waals surface area (Å²) in [6.45, 7) is 0. The van der Waals surface area contributed by atoms with E-state index in [-0.39, 0.29) is 5.97 Å². The molecule has 0 N–H and O–H groups in total. The average molecular weight is 249 g/mol. The summed E-state index contributed by atoms with van der Waals surface area (Å²) in [6.07, 6.45) is 3.15. The van der Waals surface area contributed by atoms with Crippen LogP contribution in [-0.4, -0.2) is 11.0 Å². The van der Waals surface area contributed by atoms with Gasteiger partial charge in [0.15, 0.2) is 0 Å². The number of nitrogens with zero attached hydrogens (tertiary/aromatic N) is 1. The number of carbonyl (C=O) groups excluding carboxylic acids is 1. The molecule has 3 nitrogen and oxygen atoms in total. The van der Waals surface area contributed by atoms with E-state index in [0.717, 1.165) is 10.8 Å². The number of benzene rings is 2. The summed E-state index contributed by atoms with van der Waals surface area (Å²) in [5.74, 6) is 0.0689. The van der Waals surface area contributed by atoms with Crippen LogP contribution in [-0.2, 0) is 0 Å². The third kappa shape index (κ3) is 2.45. The standard InChI is InChI=1S/C16H11NO2/c18-16(19-15-6-3-9-17-11-15)14-8-7-12-4-1-2-5-13(12)10-14/h1-11H. The molecule has 0 spiro atoms. The number of hydrogen-bond acceptors (Lipinski definition) is 3. The SMILES string of the molecule is O=C(Oc1cccnc1)c1ccc2ccccc2c1. The van der Waals surface area contributed by atoms with Crippen LogP contribution in [0.5, 0.6) is 5.75 Å². The number of aromatic nitrogens is 1. The highest BCUT2D eigenvalue weighted by Crippen LogP contribution is 2.17. The van der Waals surface area contributed by atoms with Gasteiger partial charge in [-0.3, -0.25) is 4.98 Å². The van der Waals surface area contributed by atoms with Gasteiger partial charge < -0.3 is 4.74 Å². The van der Waals surface area contributed by atoms with Crippen molar-refractivity contribution < 1.29 is 9.53 Å². The molecule has 1 aromatic heterocycles. The fourth-order valence-electron chi connectivity index (χ4n) is 1.89. The van der Waals surface area contributed by atoms with Crippen molar-refractivity contribution in [2.75, 3.05) is 0 Å². The molecule has 3 aromatic rings. The molecule has 2 aromatic carbocycles. The van der Waals surface area contributed by atoms with Crippen molar-refractivity contribution in [1.29, 1.82) is 0 Å². The van der Waals surface area contributed by atoms with Crippen LogP contribution in [0.1, 0.15) is 10.4 Å². The van der Waals surface area contributed by atoms with Gasteiger partial charge in [-0.15, -0.1) is 0 Å². The lowest BCUT2D eigenvalue weighted by Crippen LogP contribution is -2.08. The van der Waals surface area contributed by atoms with Crippen LogP contribution in [0.15, 0.2) is 67.0 Å². The molecule has 0 atom stereocenters. The van der Waals surface area contributed by atoms with Crippen molar-refractivity contribution in [1.82, 2.24) is 4.98 Å². The number of rotatable bonds is 2. The Balaban J connectivity index is 1.89. The number of carbonyl (C=O) groups is 1. The topological polar surface area (TPSA) is 39.2 Å². The first-order chi connectivity index (χ1) is 9.33. The van der Waals surface area contributed by atoms with Gasteiger partial charge in [0, 0.05) is 6.20 Å². The number of pyridine rings is 1. The lowest BCUT2D eigenvalue weighted by Gasteiger charge is -2.04. The zero-order valence-electron chi connectivity index (χ0n) is 10.1. The molecule has 19 heavy (non-hydrogen) atoms. The van der Waals surface area contributed by atoms with E-state index in [2.05, 4.69) is 4.98 Å². The molecule has 0 aliphatic carbocycles. The van der Waals surface area contributed by atoms with Gasteiger partial charge in [0.25, 0.3) is 0 Å². The maximum absolute atomic E-state index is 12.0. The smallest absolute Gasteiger partial charge is 0.343 e. The molecule has 0 fully saturated rings. The zero-order chi connectivity index (χ0) is 13.1. The molecule has 0 aliphatic heterocycles. The number of ether oxygens (including phenoxy) is 1. The van der Waals surface area contributed by atoms with Gasteiger partial charge >= 0.3 is 5.97 Å². The van der Waals surface area contributed by atoms with Crippen molar-refractivity contribution in [3.05, 3.63) is 72.6 Å². The van der Waals surface area contributed by atoms with Gasteiger partial charge in [-0.05, 0) is 35.0 Å². The Bertz CT molecular complexity index is 723. The van der Waals surface area contributed by atoms with Crippen LogP contribution < -0.4 is 4.74 Å². The largest absolute Gasteiger partial charge is 0.421 e. The van der Waals surface area contributed by atoms with Gasteiger partial charge in [0.05, 0.1) is 11.8 Å². The van der Waals surface area contributed by atoms with Crippen molar-refractivity contribution >= 4 is 16.7 Å². The Morgan fingerprint density at radius 3 is 2.58 bits per heavy atom. The molecular weight excluding hydrogens is 238 g/mol.